The molecule has 0 aliphatic carbocycles. The van der Waals surface area contributed by atoms with Gasteiger partial charge in [-0.05, 0) is 53.6 Å². The first-order valence-electron chi connectivity index (χ1n) is 9.50. The van der Waals surface area contributed by atoms with Crippen molar-refractivity contribution in [1.29, 1.82) is 0 Å². The summed E-state index contributed by atoms with van der Waals surface area (Å²) in [6.07, 6.45) is 2.20. The van der Waals surface area contributed by atoms with Gasteiger partial charge in [0.1, 0.15) is 17.1 Å². The number of ketones is 1. The minimum Gasteiger partial charge on any atom is -0.588 e. The van der Waals surface area contributed by atoms with Crippen LogP contribution in [0.4, 0.5) is 5.69 Å². The highest BCUT2D eigenvalue weighted by atomic mass is 35.5. The van der Waals surface area contributed by atoms with E-state index in [4.69, 9.17) is 16.3 Å². The zero-order valence-corrected chi connectivity index (χ0v) is 18.2. The Balaban J connectivity index is 1.56. The molecule has 4 rings (SSSR count). The molecule has 1 unspecified atom stereocenters. The molecular formula is C25H18ClNO3S. The molecule has 1 heterocycles. The maximum atomic E-state index is 13.0. The van der Waals surface area contributed by atoms with Crippen molar-refractivity contribution in [3.8, 4) is 17.6 Å². The maximum absolute atomic E-state index is 13.0. The highest BCUT2D eigenvalue weighted by Gasteiger charge is 2.33. The van der Waals surface area contributed by atoms with Crippen LogP contribution in [-0.4, -0.2) is 17.4 Å². The number of fused-ring (bicyclic) bond motifs is 1. The first-order valence-corrected chi connectivity index (χ1v) is 11.0. The van der Waals surface area contributed by atoms with E-state index >= 15 is 0 Å². The molecule has 0 bridgehead atoms. The van der Waals surface area contributed by atoms with Crippen molar-refractivity contribution in [2.24, 2.45) is 0 Å². The summed E-state index contributed by atoms with van der Waals surface area (Å²) in [5.41, 5.74) is 3.55. The van der Waals surface area contributed by atoms with E-state index in [1.165, 1.54) is 0 Å². The number of carbonyl (C=O) groups excluding carboxylic acids is 1. The Bertz CT molecular complexity index is 1210. The number of methoxy groups -OCH3 is 1. The number of benzene rings is 3. The zero-order chi connectivity index (χ0) is 21.8. The Morgan fingerprint density at radius 2 is 1.84 bits per heavy atom. The average Bonchev–Trinajstić information content (AvgIpc) is 2.79. The average molecular weight is 448 g/mol. The molecule has 1 atom stereocenters. The molecule has 6 heteroatoms. The lowest BCUT2D eigenvalue weighted by atomic mass is 10.0. The molecule has 0 saturated carbocycles. The van der Waals surface area contributed by atoms with Crippen molar-refractivity contribution >= 4 is 40.5 Å². The van der Waals surface area contributed by atoms with Gasteiger partial charge in [0.15, 0.2) is 0 Å². The Morgan fingerprint density at radius 1 is 1.10 bits per heavy atom. The SMILES string of the molecule is COc1ccc(CC#Cc2ccc3c(c2)C(=O)/C(=C/c2ccc(Cl)cc2)[S+]([O-])N3)cc1. The summed E-state index contributed by atoms with van der Waals surface area (Å²) >= 11 is 4.28. The van der Waals surface area contributed by atoms with Gasteiger partial charge in [-0.15, -0.1) is 0 Å². The zero-order valence-electron chi connectivity index (χ0n) is 16.6. The van der Waals surface area contributed by atoms with E-state index in [1.54, 1.807) is 49.6 Å². The number of rotatable bonds is 3. The van der Waals surface area contributed by atoms with Crippen molar-refractivity contribution < 1.29 is 14.1 Å². The highest BCUT2D eigenvalue weighted by molar-refractivity contribution is 7.97. The van der Waals surface area contributed by atoms with E-state index in [2.05, 4.69) is 16.6 Å². The molecule has 0 fully saturated rings. The van der Waals surface area contributed by atoms with Gasteiger partial charge < -0.3 is 9.29 Å². The van der Waals surface area contributed by atoms with Crippen molar-refractivity contribution in [1.82, 2.24) is 0 Å². The second-order valence-electron chi connectivity index (χ2n) is 6.85. The number of halogens is 1. The molecule has 31 heavy (non-hydrogen) atoms. The predicted octanol–water partition coefficient (Wildman–Crippen LogP) is 5.26. The molecule has 3 aromatic rings. The summed E-state index contributed by atoms with van der Waals surface area (Å²) in [6.45, 7) is 0. The molecule has 0 amide bonds. The fraction of sp³-hybridized carbons (Fsp3) is 0.0800. The molecule has 1 aliphatic heterocycles. The number of Topliss-reactive ketones (excluding diaryl/α,β-unsaturated/α-hetero) is 1. The normalized spacial score (nSPS) is 16.2. The molecule has 3 aromatic carbocycles. The Labute approximate surface area is 189 Å². The smallest absolute Gasteiger partial charge is 0.245 e. The summed E-state index contributed by atoms with van der Waals surface area (Å²) in [4.78, 5) is 13.2. The highest BCUT2D eigenvalue weighted by Crippen LogP contribution is 2.31. The molecule has 1 aliphatic rings. The van der Waals surface area contributed by atoms with Crippen LogP contribution >= 0.6 is 11.6 Å². The van der Waals surface area contributed by atoms with E-state index in [9.17, 15) is 9.35 Å². The van der Waals surface area contributed by atoms with Gasteiger partial charge in [-0.25, -0.2) is 4.72 Å². The largest absolute Gasteiger partial charge is 0.588 e. The van der Waals surface area contributed by atoms with Crippen molar-refractivity contribution in [2.75, 3.05) is 11.8 Å². The molecule has 0 saturated heterocycles. The Hall–Kier alpha value is -3.17. The van der Waals surface area contributed by atoms with E-state index in [1.807, 2.05) is 30.3 Å². The van der Waals surface area contributed by atoms with Crippen molar-refractivity contribution in [3.05, 3.63) is 98.9 Å². The van der Waals surface area contributed by atoms with Crippen LogP contribution in [0.5, 0.6) is 5.75 Å². The van der Waals surface area contributed by atoms with Gasteiger partial charge >= 0.3 is 0 Å². The van der Waals surface area contributed by atoms with Gasteiger partial charge in [-0.3, -0.25) is 4.79 Å². The lowest BCUT2D eigenvalue weighted by Gasteiger charge is -2.21. The van der Waals surface area contributed by atoms with Gasteiger partial charge in [-0.1, -0.05) is 47.7 Å². The number of allylic oxidation sites excluding steroid dienone is 1. The van der Waals surface area contributed by atoms with Crippen LogP contribution in [0.25, 0.3) is 6.08 Å². The number of carbonyl (C=O) groups is 1. The first kappa shape index (κ1) is 21.1. The third kappa shape index (κ3) is 4.95. The van der Waals surface area contributed by atoms with Gasteiger partial charge in [0.25, 0.3) is 0 Å². The number of ether oxygens (including phenoxy) is 1. The van der Waals surface area contributed by atoms with Gasteiger partial charge in [0.2, 0.25) is 10.7 Å². The fourth-order valence-electron chi connectivity index (χ4n) is 3.09. The Kier molecular flexibility index (Phi) is 6.34. The third-order valence-corrected chi connectivity index (χ3v) is 6.10. The first-order chi connectivity index (χ1) is 15.0. The van der Waals surface area contributed by atoms with Gasteiger partial charge in [0, 0.05) is 23.1 Å². The molecular weight excluding hydrogens is 430 g/mol. The second-order valence-corrected chi connectivity index (χ2v) is 8.46. The topological polar surface area (TPSA) is 61.4 Å². The summed E-state index contributed by atoms with van der Waals surface area (Å²) in [7, 11) is 1.63. The van der Waals surface area contributed by atoms with E-state index in [0.717, 1.165) is 22.4 Å². The van der Waals surface area contributed by atoms with Gasteiger partial charge in [-0.2, -0.15) is 0 Å². The minimum absolute atomic E-state index is 0.193. The van der Waals surface area contributed by atoms with Crippen LogP contribution in [0.15, 0.2) is 71.6 Å². The monoisotopic (exact) mass is 447 g/mol. The Morgan fingerprint density at radius 3 is 2.55 bits per heavy atom. The molecule has 4 nitrogen and oxygen atoms in total. The van der Waals surface area contributed by atoms with Crippen LogP contribution in [-0.2, 0) is 17.8 Å². The van der Waals surface area contributed by atoms with Crippen LogP contribution in [0, 0.1) is 11.8 Å². The lowest BCUT2D eigenvalue weighted by molar-refractivity contribution is 0.104. The van der Waals surface area contributed by atoms with Crippen LogP contribution < -0.4 is 9.46 Å². The van der Waals surface area contributed by atoms with E-state index in [-0.39, 0.29) is 10.7 Å². The quantitative estimate of drug-likeness (QED) is 0.338. The maximum Gasteiger partial charge on any atom is 0.245 e. The van der Waals surface area contributed by atoms with Gasteiger partial charge in [0.05, 0.1) is 18.4 Å². The predicted molar refractivity (Wildman–Crippen MR) is 126 cm³/mol. The van der Waals surface area contributed by atoms with Crippen molar-refractivity contribution in [3.63, 3.8) is 0 Å². The van der Waals surface area contributed by atoms with Crippen molar-refractivity contribution in [2.45, 2.75) is 6.42 Å². The number of anilines is 1. The number of nitrogens with one attached hydrogen (secondary N) is 1. The molecule has 0 spiro atoms. The van der Waals surface area contributed by atoms with Crippen LogP contribution in [0.3, 0.4) is 0 Å². The fourth-order valence-corrected chi connectivity index (χ4v) is 4.23. The standard InChI is InChI=1S/C25H18ClNO3S/c1-30-21-12-7-17(8-13-21)3-2-4-18-9-14-23-22(15-18)25(28)24(31(29)27-23)16-19-5-10-20(26)11-6-19/h5-16,27H,3H2,1H3/b24-16-. The van der Waals surface area contributed by atoms with Crippen LogP contribution in [0.2, 0.25) is 5.02 Å². The molecule has 154 valence electrons. The number of hydrogen-bond donors (Lipinski definition) is 1. The summed E-state index contributed by atoms with van der Waals surface area (Å²) in [6, 6.07) is 20.0. The summed E-state index contributed by atoms with van der Waals surface area (Å²) < 4.78 is 20.6. The third-order valence-electron chi connectivity index (χ3n) is 4.74. The van der Waals surface area contributed by atoms with E-state index in [0.29, 0.717) is 22.7 Å². The second kappa shape index (κ2) is 9.32. The van der Waals surface area contributed by atoms with Crippen LogP contribution in [0.1, 0.15) is 27.0 Å². The lowest BCUT2D eigenvalue weighted by Crippen LogP contribution is -2.27. The molecule has 0 radical (unpaired) electrons. The minimum atomic E-state index is -1.63. The van der Waals surface area contributed by atoms with E-state index < -0.39 is 11.4 Å². The molecule has 0 aromatic heterocycles. The molecule has 1 N–H and O–H groups in total. The summed E-state index contributed by atoms with van der Waals surface area (Å²) in [5.74, 6) is 6.76. The number of hydrogen-bond acceptors (Lipinski definition) is 4. The summed E-state index contributed by atoms with van der Waals surface area (Å²) in [5, 5.41) is 0.597.